The van der Waals surface area contributed by atoms with Crippen molar-refractivity contribution in [3.05, 3.63) is 107 Å². The molecular formula is C22H17NO5S. The number of nitrogens with one attached hydrogen (secondary N) is 1. The van der Waals surface area contributed by atoms with Gasteiger partial charge in [-0.05, 0) is 36.4 Å². The van der Waals surface area contributed by atoms with E-state index in [0.717, 1.165) is 6.20 Å². The van der Waals surface area contributed by atoms with Crippen molar-refractivity contribution >= 4 is 27.3 Å². The molecule has 0 fully saturated rings. The van der Waals surface area contributed by atoms with Crippen LogP contribution in [0.5, 0.6) is 0 Å². The number of anilines is 1. The van der Waals surface area contributed by atoms with Gasteiger partial charge < -0.3 is 10.4 Å². The standard InChI is InChI=1S/C22H17NO5S/c24-21(16-7-3-1-4-8-16)20(29(27,28)19-9-5-2-6-10-19)15-23-18-13-11-17(12-14-18)22(25)26/h1-15,23H,(H,25,26)/b20-15+. The Morgan fingerprint density at radius 1 is 0.759 bits per heavy atom. The highest BCUT2D eigenvalue weighted by molar-refractivity contribution is 7.96. The Morgan fingerprint density at radius 2 is 1.31 bits per heavy atom. The third-order valence-electron chi connectivity index (χ3n) is 4.10. The first-order valence-electron chi connectivity index (χ1n) is 8.59. The zero-order valence-electron chi connectivity index (χ0n) is 15.1. The van der Waals surface area contributed by atoms with Crippen LogP contribution in [0.3, 0.4) is 0 Å². The maximum atomic E-state index is 13.1. The van der Waals surface area contributed by atoms with Gasteiger partial charge >= 0.3 is 5.97 Å². The normalized spacial score (nSPS) is 11.7. The van der Waals surface area contributed by atoms with E-state index in [-0.39, 0.29) is 16.0 Å². The molecule has 6 nitrogen and oxygen atoms in total. The largest absolute Gasteiger partial charge is 0.478 e. The number of benzene rings is 3. The number of carbonyl (C=O) groups excluding carboxylic acids is 1. The van der Waals surface area contributed by atoms with Gasteiger partial charge in [-0.3, -0.25) is 4.79 Å². The van der Waals surface area contributed by atoms with Gasteiger partial charge in [-0.15, -0.1) is 0 Å². The van der Waals surface area contributed by atoms with Crippen molar-refractivity contribution in [2.24, 2.45) is 0 Å². The first kappa shape index (κ1) is 20.0. The summed E-state index contributed by atoms with van der Waals surface area (Å²) in [4.78, 5) is 23.5. The van der Waals surface area contributed by atoms with Gasteiger partial charge in [0, 0.05) is 17.5 Å². The number of carboxylic acids is 1. The molecule has 3 rings (SSSR count). The summed E-state index contributed by atoms with van der Waals surface area (Å²) in [7, 11) is -4.09. The van der Waals surface area contributed by atoms with Crippen LogP contribution >= 0.6 is 0 Å². The van der Waals surface area contributed by atoms with Crippen molar-refractivity contribution in [2.45, 2.75) is 4.90 Å². The van der Waals surface area contributed by atoms with Crippen molar-refractivity contribution in [1.82, 2.24) is 0 Å². The monoisotopic (exact) mass is 407 g/mol. The fourth-order valence-corrected chi connectivity index (χ4v) is 3.93. The van der Waals surface area contributed by atoms with E-state index in [2.05, 4.69) is 5.32 Å². The average molecular weight is 407 g/mol. The average Bonchev–Trinajstić information content (AvgIpc) is 2.75. The van der Waals surface area contributed by atoms with Crippen LogP contribution in [-0.2, 0) is 9.84 Å². The van der Waals surface area contributed by atoms with Gasteiger partial charge in [0.2, 0.25) is 15.6 Å². The van der Waals surface area contributed by atoms with E-state index in [4.69, 9.17) is 5.11 Å². The SMILES string of the molecule is O=C(O)c1ccc(N/C=C(\C(=O)c2ccccc2)S(=O)(=O)c2ccccc2)cc1. The number of sulfone groups is 1. The fraction of sp³-hybridized carbons (Fsp3) is 0. The van der Waals surface area contributed by atoms with Crippen molar-refractivity contribution in [2.75, 3.05) is 5.32 Å². The zero-order chi connectivity index (χ0) is 20.9. The molecule has 0 amide bonds. The molecule has 0 heterocycles. The molecule has 0 atom stereocenters. The summed E-state index contributed by atoms with van der Waals surface area (Å²) in [6, 6.07) is 21.5. The smallest absolute Gasteiger partial charge is 0.335 e. The van der Waals surface area contributed by atoms with Gasteiger partial charge in [-0.2, -0.15) is 0 Å². The first-order chi connectivity index (χ1) is 13.9. The molecule has 7 heteroatoms. The Labute approximate surface area is 168 Å². The van der Waals surface area contributed by atoms with Gasteiger partial charge in [-0.1, -0.05) is 48.5 Å². The molecule has 0 saturated heterocycles. The van der Waals surface area contributed by atoms with Crippen molar-refractivity contribution < 1.29 is 23.1 Å². The van der Waals surface area contributed by atoms with Gasteiger partial charge in [-0.25, -0.2) is 13.2 Å². The molecule has 0 bridgehead atoms. The van der Waals surface area contributed by atoms with Crippen LogP contribution in [0.25, 0.3) is 0 Å². The van der Waals surface area contributed by atoms with E-state index in [9.17, 15) is 18.0 Å². The fourth-order valence-electron chi connectivity index (χ4n) is 2.58. The lowest BCUT2D eigenvalue weighted by molar-refractivity contribution is 0.0696. The quantitative estimate of drug-likeness (QED) is 0.454. The molecule has 0 aliphatic carbocycles. The second kappa shape index (κ2) is 8.53. The minimum absolute atomic E-state index is 0.00134. The molecular weight excluding hydrogens is 390 g/mol. The topological polar surface area (TPSA) is 101 Å². The number of carboxylic acid groups (broad SMARTS) is 1. The summed E-state index contributed by atoms with van der Waals surface area (Å²) in [5, 5.41) is 11.8. The Balaban J connectivity index is 2.02. The van der Waals surface area contributed by atoms with Crippen LogP contribution in [0.4, 0.5) is 5.69 Å². The molecule has 0 aliphatic rings. The Kier molecular flexibility index (Phi) is 5.90. The van der Waals surface area contributed by atoms with Gasteiger partial charge in [0.25, 0.3) is 0 Å². The lowest BCUT2D eigenvalue weighted by atomic mass is 10.1. The molecule has 29 heavy (non-hydrogen) atoms. The molecule has 0 saturated carbocycles. The van der Waals surface area contributed by atoms with Crippen LogP contribution in [0.2, 0.25) is 0 Å². The minimum atomic E-state index is -4.09. The summed E-state index contributed by atoms with van der Waals surface area (Å²) in [6.07, 6.45) is 1.13. The number of ketones is 1. The second-order valence-corrected chi connectivity index (χ2v) is 7.97. The molecule has 0 aliphatic heterocycles. The lowest BCUT2D eigenvalue weighted by Gasteiger charge is -2.10. The second-order valence-electron chi connectivity index (χ2n) is 6.05. The van der Waals surface area contributed by atoms with E-state index in [1.54, 1.807) is 48.5 Å². The lowest BCUT2D eigenvalue weighted by Crippen LogP contribution is -2.16. The van der Waals surface area contributed by atoms with Crippen LogP contribution in [0, 0.1) is 0 Å². The Morgan fingerprint density at radius 3 is 1.86 bits per heavy atom. The number of hydrogen-bond donors (Lipinski definition) is 2. The molecule has 0 spiro atoms. The van der Waals surface area contributed by atoms with E-state index in [0.29, 0.717) is 5.69 Å². The van der Waals surface area contributed by atoms with Crippen LogP contribution in [-0.4, -0.2) is 25.3 Å². The molecule has 146 valence electrons. The maximum absolute atomic E-state index is 13.1. The molecule has 3 aromatic rings. The third-order valence-corrected chi connectivity index (χ3v) is 5.88. The first-order valence-corrected chi connectivity index (χ1v) is 10.1. The van der Waals surface area contributed by atoms with Gasteiger partial charge in [0.1, 0.15) is 4.91 Å². The van der Waals surface area contributed by atoms with Crippen LogP contribution in [0.1, 0.15) is 20.7 Å². The summed E-state index contributed by atoms with van der Waals surface area (Å²) in [5.41, 5.74) is 0.773. The predicted molar refractivity (Wildman–Crippen MR) is 110 cm³/mol. The molecule has 0 radical (unpaired) electrons. The number of allylic oxidation sites excluding steroid dienone is 1. The van der Waals surface area contributed by atoms with E-state index >= 15 is 0 Å². The molecule has 2 N–H and O–H groups in total. The predicted octanol–water partition coefficient (Wildman–Crippen LogP) is 3.99. The molecule has 0 unspecified atom stereocenters. The number of Topliss-reactive ketones (excluding diaryl/α,β-unsaturated/α-hetero) is 1. The Bertz CT molecular complexity index is 1150. The van der Waals surface area contributed by atoms with Gasteiger partial charge in [0.15, 0.2) is 0 Å². The zero-order valence-corrected chi connectivity index (χ0v) is 16.0. The van der Waals surface area contributed by atoms with Crippen molar-refractivity contribution in [3.63, 3.8) is 0 Å². The highest BCUT2D eigenvalue weighted by Gasteiger charge is 2.27. The third kappa shape index (κ3) is 4.59. The summed E-state index contributed by atoms with van der Waals surface area (Å²) < 4.78 is 26.2. The number of aromatic carboxylic acids is 1. The molecule has 3 aromatic carbocycles. The Hall–Kier alpha value is -3.71. The number of rotatable bonds is 7. The van der Waals surface area contributed by atoms with Crippen molar-refractivity contribution in [3.8, 4) is 0 Å². The summed E-state index contributed by atoms with van der Waals surface area (Å²) in [6.45, 7) is 0. The maximum Gasteiger partial charge on any atom is 0.335 e. The van der Waals surface area contributed by atoms with E-state index in [1.807, 2.05) is 0 Å². The number of hydrogen-bond acceptors (Lipinski definition) is 5. The van der Waals surface area contributed by atoms with Crippen LogP contribution < -0.4 is 5.32 Å². The number of carbonyl (C=O) groups is 2. The van der Waals surface area contributed by atoms with E-state index < -0.39 is 26.5 Å². The van der Waals surface area contributed by atoms with Crippen LogP contribution in [0.15, 0.2) is 101 Å². The van der Waals surface area contributed by atoms with Gasteiger partial charge in [0.05, 0.1) is 10.5 Å². The summed E-state index contributed by atoms with van der Waals surface area (Å²) >= 11 is 0. The minimum Gasteiger partial charge on any atom is -0.478 e. The highest BCUT2D eigenvalue weighted by Crippen LogP contribution is 2.23. The molecule has 0 aromatic heterocycles. The summed E-state index contributed by atoms with van der Waals surface area (Å²) in [5.74, 6) is -1.72. The van der Waals surface area contributed by atoms with E-state index in [1.165, 1.54) is 36.4 Å². The highest BCUT2D eigenvalue weighted by atomic mass is 32.2. The van der Waals surface area contributed by atoms with Crippen molar-refractivity contribution in [1.29, 1.82) is 0 Å².